The second-order valence-corrected chi connectivity index (χ2v) is 6.76. The standard InChI is InChI=1S/C16H16ClNO2S/c17-12-7-5-11(6-8-12)9-21-10-18-15(19)13-3-1-2-4-14(13)16(18)20/h1-2,5-8,13-14H,3-4,9-10H2/t13-,14-/m1/s1. The number of carbonyl (C=O) groups is 2. The van der Waals surface area contributed by atoms with Gasteiger partial charge in [0.15, 0.2) is 0 Å². The summed E-state index contributed by atoms with van der Waals surface area (Å²) in [7, 11) is 0. The zero-order valence-corrected chi connectivity index (χ0v) is 13.1. The fourth-order valence-electron chi connectivity index (χ4n) is 2.83. The Morgan fingerprint density at radius 2 is 1.62 bits per heavy atom. The summed E-state index contributed by atoms with van der Waals surface area (Å²) in [5.74, 6) is 0.947. The maximum Gasteiger partial charge on any atom is 0.234 e. The number of halogens is 1. The van der Waals surface area contributed by atoms with E-state index in [-0.39, 0.29) is 23.7 Å². The topological polar surface area (TPSA) is 37.4 Å². The lowest BCUT2D eigenvalue weighted by atomic mass is 9.85. The monoisotopic (exact) mass is 321 g/mol. The Hall–Kier alpha value is -1.26. The minimum atomic E-state index is -0.126. The number of carbonyl (C=O) groups excluding carboxylic acids is 2. The van der Waals surface area contributed by atoms with Crippen LogP contribution in [0.15, 0.2) is 36.4 Å². The van der Waals surface area contributed by atoms with Crippen LogP contribution < -0.4 is 0 Å². The van der Waals surface area contributed by atoms with Crippen LogP contribution in [0.2, 0.25) is 5.02 Å². The Morgan fingerprint density at radius 1 is 1.05 bits per heavy atom. The molecule has 0 bridgehead atoms. The van der Waals surface area contributed by atoms with Crippen molar-refractivity contribution in [3.63, 3.8) is 0 Å². The maximum atomic E-state index is 12.3. The molecule has 0 radical (unpaired) electrons. The quantitative estimate of drug-likeness (QED) is 0.629. The van der Waals surface area contributed by atoms with Crippen LogP contribution in [0, 0.1) is 11.8 Å². The van der Waals surface area contributed by atoms with Gasteiger partial charge in [-0.3, -0.25) is 14.5 Å². The number of hydrogen-bond donors (Lipinski definition) is 0. The summed E-state index contributed by atoms with van der Waals surface area (Å²) in [4.78, 5) is 26.0. The highest BCUT2D eigenvalue weighted by atomic mass is 35.5. The van der Waals surface area contributed by atoms with Gasteiger partial charge in [-0.25, -0.2) is 0 Å². The van der Waals surface area contributed by atoms with E-state index in [2.05, 4.69) is 0 Å². The lowest BCUT2D eigenvalue weighted by molar-refractivity contribution is -0.138. The van der Waals surface area contributed by atoms with E-state index in [1.807, 2.05) is 36.4 Å². The van der Waals surface area contributed by atoms with Crippen molar-refractivity contribution in [3.8, 4) is 0 Å². The van der Waals surface area contributed by atoms with Crippen molar-refractivity contribution in [2.75, 3.05) is 5.88 Å². The zero-order chi connectivity index (χ0) is 14.8. The first-order valence-corrected chi connectivity index (χ1v) is 8.52. The molecule has 3 rings (SSSR count). The number of nitrogens with zero attached hydrogens (tertiary/aromatic N) is 1. The molecule has 2 aliphatic rings. The van der Waals surface area contributed by atoms with Gasteiger partial charge in [-0.05, 0) is 30.5 Å². The molecule has 1 aromatic carbocycles. The number of rotatable bonds is 4. The second-order valence-electron chi connectivity index (χ2n) is 5.36. The van der Waals surface area contributed by atoms with Crippen LogP contribution in [0.25, 0.3) is 0 Å². The average molecular weight is 322 g/mol. The summed E-state index contributed by atoms with van der Waals surface area (Å²) >= 11 is 7.43. The molecule has 2 atom stereocenters. The molecule has 1 aliphatic heterocycles. The molecular weight excluding hydrogens is 306 g/mol. The first kappa shape index (κ1) is 14.7. The summed E-state index contributed by atoms with van der Waals surface area (Å²) in [5, 5.41) is 0.713. The second kappa shape index (κ2) is 6.24. The van der Waals surface area contributed by atoms with Gasteiger partial charge in [0.2, 0.25) is 11.8 Å². The van der Waals surface area contributed by atoms with Crippen molar-refractivity contribution in [1.29, 1.82) is 0 Å². The summed E-state index contributed by atoms with van der Waals surface area (Å²) in [6.45, 7) is 0. The molecule has 0 N–H and O–H groups in total. The lowest BCUT2D eigenvalue weighted by Gasteiger charge is -2.14. The van der Waals surface area contributed by atoms with E-state index < -0.39 is 0 Å². The Balaban J connectivity index is 1.57. The Bertz CT molecular complexity index is 558. The first-order chi connectivity index (χ1) is 10.2. The van der Waals surface area contributed by atoms with Crippen molar-refractivity contribution in [1.82, 2.24) is 4.90 Å². The van der Waals surface area contributed by atoms with Crippen molar-refractivity contribution < 1.29 is 9.59 Å². The summed E-state index contributed by atoms with van der Waals surface area (Å²) in [5.41, 5.74) is 1.14. The number of benzene rings is 1. The number of amides is 2. The molecule has 5 heteroatoms. The largest absolute Gasteiger partial charge is 0.274 e. The van der Waals surface area contributed by atoms with Gasteiger partial charge in [0.1, 0.15) is 0 Å². The molecular formula is C16H16ClNO2S. The van der Waals surface area contributed by atoms with E-state index in [1.54, 1.807) is 11.8 Å². The molecule has 2 amide bonds. The average Bonchev–Trinajstić information content (AvgIpc) is 2.75. The molecule has 21 heavy (non-hydrogen) atoms. The highest BCUT2D eigenvalue weighted by Crippen LogP contribution is 2.35. The van der Waals surface area contributed by atoms with E-state index in [4.69, 9.17) is 11.6 Å². The van der Waals surface area contributed by atoms with Crippen LogP contribution in [0.1, 0.15) is 18.4 Å². The Morgan fingerprint density at radius 3 is 2.19 bits per heavy atom. The number of allylic oxidation sites excluding steroid dienone is 2. The van der Waals surface area contributed by atoms with Crippen molar-refractivity contribution in [2.45, 2.75) is 18.6 Å². The Kier molecular flexibility index (Phi) is 4.36. The van der Waals surface area contributed by atoms with Gasteiger partial charge in [-0.2, -0.15) is 0 Å². The van der Waals surface area contributed by atoms with Crippen LogP contribution >= 0.6 is 23.4 Å². The van der Waals surface area contributed by atoms with Gasteiger partial charge < -0.3 is 0 Å². The van der Waals surface area contributed by atoms with Crippen molar-refractivity contribution in [3.05, 3.63) is 47.0 Å². The number of thioether (sulfide) groups is 1. The van der Waals surface area contributed by atoms with Gasteiger partial charge in [-0.15, -0.1) is 11.8 Å². The maximum absolute atomic E-state index is 12.3. The summed E-state index contributed by atoms with van der Waals surface area (Å²) in [6.07, 6.45) is 5.43. The predicted octanol–water partition coefficient (Wildman–Crippen LogP) is 3.48. The number of likely N-dealkylation sites (tertiary alicyclic amines) is 1. The van der Waals surface area contributed by atoms with Crippen LogP contribution in [-0.2, 0) is 15.3 Å². The van der Waals surface area contributed by atoms with Gasteiger partial charge in [-0.1, -0.05) is 35.9 Å². The third-order valence-corrected chi connectivity index (χ3v) is 5.23. The van der Waals surface area contributed by atoms with Gasteiger partial charge in [0.25, 0.3) is 0 Å². The molecule has 1 fully saturated rings. The molecule has 1 heterocycles. The molecule has 1 aliphatic carbocycles. The van der Waals surface area contributed by atoms with Crippen LogP contribution in [0.4, 0.5) is 0 Å². The van der Waals surface area contributed by atoms with Gasteiger partial charge in [0, 0.05) is 10.8 Å². The Labute approximate surface area is 133 Å². The molecule has 0 saturated carbocycles. The third kappa shape index (κ3) is 3.01. The number of fused-ring (bicyclic) bond motifs is 1. The molecule has 0 unspecified atom stereocenters. The smallest absolute Gasteiger partial charge is 0.234 e. The number of hydrogen-bond acceptors (Lipinski definition) is 3. The number of imide groups is 1. The van der Waals surface area contributed by atoms with Crippen LogP contribution in [-0.4, -0.2) is 22.6 Å². The first-order valence-electron chi connectivity index (χ1n) is 6.99. The summed E-state index contributed by atoms with van der Waals surface area (Å²) in [6, 6.07) is 7.63. The predicted molar refractivity (Wildman–Crippen MR) is 84.8 cm³/mol. The molecule has 0 spiro atoms. The van der Waals surface area contributed by atoms with Crippen LogP contribution in [0.3, 0.4) is 0 Å². The van der Waals surface area contributed by atoms with E-state index >= 15 is 0 Å². The van der Waals surface area contributed by atoms with Crippen molar-refractivity contribution >= 4 is 35.2 Å². The fraction of sp³-hybridized carbons (Fsp3) is 0.375. The van der Waals surface area contributed by atoms with E-state index in [0.29, 0.717) is 23.7 Å². The van der Waals surface area contributed by atoms with Gasteiger partial charge >= 0.3 is 0 Å². The van der Waals surface area contributed by atoms with E-state index in [1.165, 1.54) is 4.90 Å². The SMILES string of the molecule is O=C1[C@@H]2CC=CC[C@H]2C(=O)N1CSCc1ccc(Cl)cc1. The molecule has 3 nitrogen and oxygen atoms in total. The van der Waals surface area contributed by atoms with Crippen LogP contribution in [0.5, 0.6) is 0 Å². The van der Waals surface area contributed by atoms with E-state index in [9.17, 15) is 9.59 Å². The lowest BCUT2D eigenvalue weighted by Crippen LogP contribution is -2.30. The molecule has 110 valence electrons. The summed E-state index contributed by atoms with van der Waals surface area (Å²) < 4.78 is 0. The van der Waals surface area contributed by atoms with E-state index in [0.717, 1.165) is 11.3 Å². The van der Waals surface area contributed by atoms with Gasteiger partial charge in [0.05, 0.1) is 17.7 Å². The molecule has 1 saturated heterocycles. The fourth-order valence-corrected chi connectivity index (χ4v) is 3.91. The molecule has 0 aromatic heterocycles. The highest BCUT2D eigenvalue weighted by molar-refractivity contribution is 7.98. The normalized spacial score (nSPS) is 24.5. The minimum absolute atomic E-state index is 0.00189. The van der Waals surface area contributed by atoms with Crippen molar-refractivity contribution in [2.24, 2.45) is 11.8 Å². The third-order valence-electron chi connectivity index (χ3n) is 4.00. The zero-order valence-electron chi connectivity index (χ0n) is 11.5. The molecule has 1 aromatic rings. The highest BCUT2D eigenvalue weighted by Gasteiger charge is 2.46. The minimum Gasteiger partial charge on any atom is -0.274 e.